The molecule has 0 bridgehead atoms. The summed E-state index contributed by atoms with van der Waals surface area (Å²) in [6, 6.07) is -0.388. The largest absolute Gasteiger partial charge is 0.354 e. The van der Waals surface area contributed by atoms with Gasteiger partial charge in [0, 0.05) is 6.54 Å². The van der Waals surface area contributed by atoms with Crippen molar-refractivity contribution in [1.29, 1.82) is 0 Å². The number of hydrogen-bond donors (Lipinski definition) is 2. The zero-order chi connectivity index (χ0) is 11.5. The normalized spacial score (nSPS) is 20.9. The van der Waals surface area contributed by atoms with E-state index in [2.05, 4.69) is 19.2 Å². The Hall–Kier alpha value is -0.570. The van der Waals surface area contributed by atoms with Crippen molar-refractivity contribution in [3.05, 3.63) is 0 Å². The Morgan fingerprint density at radius 2 is 2.00 bits per heavy atom. The number of nitrogens with two attached hydrogens (primary N) is 1. The molecule has 0 aliphatic heterocycles. The lowest BCUT2D eigenvalue weighted by atomic mass is 9.64. The second-order valence-corrected chi connectivity index (χ2v) is 5.46. The maximum atomic E-state index is 11.4. The fraction of sp³-hybridized carbons (Fsp3) is 0.917. The van der Waals surface area contributed by atoms with Gasteiger partial charge < -0.3 is 11.1 Å². The van der Waals surface area contributed by atoms with Crippen LogP contribution < -0.4 is 11.1 Å². The van der Waals surface area contributed by atoms with E-state index in [9.17, 15) is 4.79 Å². The molecule has 0 heterocycles. The molecule has 3 heteroatoms. The van der Waals surface area contributed by atoms with Gasteiger partial charge >= 0.3 is 0 Å². The van der Waals surface area contributed by atoms with Gasteiger partial charge in [0.1, 0.15) is 0 Å². The molecule has 0 unspecified atom stereocenters. The zero-order valence-corrected chi connectivity index (χ0v) is 10.2. The van der Waals surface area contributed by atoms with Crippen molar-refractivity contribution < 1.29 is 4.79 Å². The van der Waals surface area contributed by atoms with Gasteiger partial charge in [-0.25, -0.2) is 0 Å². The van der Waals surface area contributed by atoms with E-state index in [0.29, 0.717) is 11.3 Å². The lowest BCUT2D eigenvalue weighted by Gasteiger charge is -2.43. The minimum atomic E-state index is -0.388. The fourth-order valence-electron chi connectivity index (χ4n) is 2.43. The Morgan fingerprint density at radius 1 is 1.40 bits per heavy atom. The van der Waals surface area contributed by atoms with Gasteiger partial charge in [-0.1, -0.05) is 20.3 Å². The van der Waals surface area contributed by atoms with Crippen molar-refractivity contribution >= 4 is 5.91 Å². The number of carbonyl (C=O) groups is 1. The highest BCUT2D eigenvalue weighted by molar-refractivity contribution is 5.80. The molecule has 15 heavy (non-hydrogen) atoms. The highest BCUT2D eigenvalue weighted by Gasteiger charge is 2.37. The van der Waals surface area contributed by atoms with Crippen LogP contribution in [0.2, 0.25) is 0 Å². The molecule has 1 amide bonds. The second kappa shape index (κ2) is 4.97. The van der Waals surface area contributed by atoms with Gasteiger partial charge in [0.25, 0.3) is 0 Å². The van der Waals surface area contributed by atoms with Gasteiger partial charge in [-0.05, 0) is 37.5 Å². The summed E-state index contributed by atoms with van der Waals surface area (Å²) in [6.45, 7) is 7.03. The summed E-state index contributed by atoms with van der Waals surface area (Å²) in [5.74, 6) is 0.683. The summed E-state index contributed by atoms with van der Waals surface area (Å²) in [7, 11) is 0. The minimum absolute atomic E-state index is 0.0231. The minimum Gasteiger partial charge on any atom is -0.354 e. The molecule has 1 atom stereocenters. The fourth-order valence-corrected chi connectivity index (χ4v) is 2.43. The molecule has 0 aromatic heterocycles. The number of rotatable bonds is 5. The van der Waals surface area contributed by atoms with Crippen LogP contribution in [0.25, 0.3) is 0 Å². The van der Waals surface area contributed by atoms with Crippen molar-refractivity contribution in [2.45, 2.75) is 52.5 Å². The van der Waals surface area contributed by atoms with E-state index in [0.717, 1.165) is 6.54 Å². The van der Waals surface area contributed by atoms with Crippen molar-refractivity contribution in [2.24, 2.45) is 17.1 Å². The SMILES string of the molecule is CC(C)CC1(CNC(=O)[C@H](C)N)CCC1. The third kappa shape index (κ3) is 3.49. The summed E-state index contributed by atoms with van der Waals surface area (Å²) in [4.78, 5) is 11.4. The molecule has 1 aliphatic carbocycles. The Bertz CT molecular complexity index is 220. The van der Waals surface area contributed by atoms with Crippen LogP contribution in [0.5, 0.6) is 0 Å². The van der Waals surface area contributed by atoms with Gasteiger partial charge in [0.2, 0.25) is 5.91 Å². The molecule has 1 aliphatic rings. The average molecular weight is 212 g/mol. The summed E-state index contributed by atoms with van der Waals surface area (Å²) in [5.41, 5.74) is 5.89. The van der Waals surface area contributed by atoms with Gasteiger partial charge in [-0.15, -0.1) is 0 Å². The van der Waals surface area contributed by atoms with Crippen LogP contribution in [0.15, 0.2) is 0 Å². The molecule has 1 rings (SSSR count). The van der Waals surface area contributed by atoms with E-state index >= 15 is 0 Å². The highest BCUT2D eigenvalue weighted by atomic mass is 16.2. The Kier molecular flexibility index (Phi) is 4.14. The quantitative estimate of drug-likeness (QED) is 0.728. The maximum Gasteiger partial charge on any atom is 0.236 e. The summed E-state index contributed by atoms with van der Waals surface area (Å²) in [6.07, 6.45) is 5.03. The number of amides is 1. The van der Waals surface area contributed by atoms with Crippen LogP contribution in [0, 0.1) is 11.3 Å². The van der Waals surface area contributed by atoms with Crippen LogP contribution in [0.1, 0.15) is 46.5 Å². The molecular weight excluding hydrogens is 188 g/mol. The first-order valence-corrected chi connectivity index (χ1v) is 5.98. The molecule has 1 saturated carbocycles. The topological polar surface area (TPSA) is 55.1 Å². The average Bonchev–Trinajstić information content (AvgIpc) is 2.08. The second-order valence-electron chi connectivity index (χ2n) is 5.46. The molecule has 0 aromatic carbocycles. The Labute approximate surface area is 92.8 Å². The first-order chi connectivity index (χ1) is 6.95. The van der Waals surface area contributed by atoms with E-state index in [1.54, 1.807) is 6.92 Å². The van der Waals surface area contributed by atoms with E-state index < -0.39 is 0 Å². The first-order valence-electron chi connectivity index (χ1n) is 5.98. The maximum absolute atomic E-state index is 11.4. The number of carbonyl (C=O) groups excluding carboxylic acids is 1. The molecule has 0 spiro atoms. The van der Waals surface area contributed by atoms with Crippen LogP contribution in [-0.2, 0) is 4.79 Å². The summed E-state index contributed by atoms with van der Waals surface area (Å²) in [5, 5.41) is 2.97. The predicted octanol–water partition coefficient (Wildman–Crippen LogP) is 1.67. The Morgan fingerprint density at radius 3 is 2.33 bits per heavy atom. The molecule has 0 aromatic rings. The van der Waals surface area contributed by atoms with Crippen molar-refractivity contribution in [3.63, 3.8) is 0 Å². The first kappa shape index (κ1) is 12.5. The lowest BCUT2D eigenvalue weighted by molar-refractivity contribution is -0.123. The predicted molar refractivity (Wildman–Crippen MR) is 62.4 cm³/mol. The van der Waals surface area contributed by atoms with E-state index in [1.807, 2.05) is 0 Å². The molecule has 3 N–H and O–H groups in total. The lowest BCUT2D eigenvalue weighted by Crippen LogP contribution is -2.47. The molecule has 0 radical (unpaired) electrons. The molecular formula is C12H24N2O. The van der Waals surface area contributed by atoms with Crippen molar-refractivity contribution in [1.82, 2.24) is 5.32 Å². The van der Waals surface area contributed by atoms with Crippen molar-refractivity contribution in [2.75, 3.05) is 6.54 Å². The van der Waals surface area contributed by atoms with Crippen LogP contribution in [0.4, 0.5) is 0 Å². The Balaban J connectivity index is 2.37. The third-order valence-electron chi connectivity index (χ3n) is 3.31. The van der Waals surface area contributed by atoms with Crippen LogP contribution >= 0.6 is 0 Å². The van der Waals surface area contributed by atoms with Crippen LogP contribution in [-0.4, -0.2) is 18.5 Å². The summed E-state index contributed by atoms with van der Waals surface area (Å²) >= 11 is 0. The van der Waals surface area contributed by atoms with Gasteiger partial charge in [0.15, 0.2) is 0 Å². The molecule has 0 saturated heterocycles. The van der Waals surface area contributed by atoms with Gasteiger partial charge in [0.05, 0.1) is 6.04 Å². The van der Waals surface area contributed by atoms with E-state index in [1.165, 1.54) is 25.7 Å². The van der Waals surface area contributed by atoms with Gasteiger partial charge in [-0.2, -0.15) is 0 Å². The third-order valence-corrected chi connectivity index (χ3v) is 3.31. The smallest absolute Gasteiger partial charge is 0.236 e. The van der Waals surface area contributed by atoms with E-state index in [4.69, 9.17) is 5.73 Å². The van der Waals surface area contributed by atoms with Gasteiger partial charge in [-0.3, -0.25) is 4.79 Å². The number of hydrogen-bond acceptors (Lipinski definition) is 2. The number of nitrogens with one attached hydrogen (secondary N) is 1. The molecule has 3 nitrogen and oxygen atoms in total. The standard InChI is InChI=1S/C12H24N2O/c1-9(2)7-12(5-4-6-12)8-14-11(15)10(3)13/h9-10H,4-8,13H2,1-3H3,(H,14,15)/t10-/m0/s1. The zero-order valence-electron chi connectivity index (χ0n) is 10.2. The van der Waals surface area contributed by atoms with Crippen LogP contribution in [0.3, 0.4) is 0 Å². The van der Waals surface area contributed by atoms with E-state index in [-0.39, 0.29) is 11.9 Å². The highest BCUT2D eigenvalue weighted by Crippen LogP contribution is 2.45. The monoisotopic (exact) mass is 212 g/mol. The molecule has 1 fully saturated rings. The van der Waals surface area contributed by atoms with Crippen molar-refractivity contribution in [3.8, 4) is 0 Å². The molecule has 88 valence electrons. The summed E-state index contributed by atoms with van der Waals surface area (Å²) < 4.78 is 0.